The molecule has 0 atom stereocenters. The molecule has 0 bridgehead atoms. The van der Waals surface area contributed by atoms with Crippen LogP contribution in [-0.2, 0) is 13.1 Å². The molecular weight excluding hydrogens is 286 g/mol. The predicted molar refractivity (Wildman–Crippen MR) is 80.0 cm³/mol. The molecule has 2 N–H and O–H groups in total. The molecule has 0 spiro atoms. The van der Waals surface area contributed by atoms with Crippen LogP contribution in [0.15, 0.2) is 28.9 Å². The van der Waals surface area contributed by atoms with Gasteiger partial charge < -0.3 is 24.5 Å². The van der Waals surface area contributed by atoms with E-state index in [1.54, 1.807) is 27.3 Å². The molecule has 1 amide bonds. The van der Waals surface area contributed by atoms with Gasteiger partial charge in [-0.25, -0.2) is 4.98 Å². The van der Waals surface area contributed by atoms with Gasteiger partial charge in [0.2, 0.25) is 5.89 Å². The van der Waals surface area contributed by atoms with E-state index in [4.69, 9.17) is 13.9 Å². The lowest BCUT2D eigenvalue weighted by molar-refractivity contribution is 0.0945. The van der Waals surface area contributed by atoms with Gasteiger partial charge in [0, 0.05) is 18.2 Å². The molecule has 0 fully saturated rings. The van der Waals surface area contributed by atoms with Crippen molar-refractivity contribution in [3.8, 4) is 11.5 Å². The first kappa shape index (κ1) is 15.8. The standard InChI is InChI=1S/C15H19N3O4/c1-16-8-14-18-12(9-22-14)15(19)17-7-10-4-5-11(20-2)6-13(10)21-3/h4-6,9,16H,7-8H2,1-3H3,(H,17,19). The first-order chi connectivity index (χ1) is 10.7. The topological polar surface area (TPSA) is 85.6 Å². The summed E-state index contributed by atoms with van der Waals surface area (Å²) in [5, 5.41) is 5.68. The number of hydrogen-bond donors (Lipinski definition) is 2. The Morgan fingerprint density at radius 2 is 2.09 bits per heavy atom. The van der Waals surface area contributed by atoms with E-state index in [1.807, 2.05) is 12.1 Å². The molecule has 118 valence electrons. The van der Waals surface area contributed by atoms with Gasteiger partial charge in [-0.05, 0) is 19.2 Å². The number of carbonyl (C=O) groups is 1. The van der Waals surface area contributed by atoms with Crippen LogP contribution in [0.5, 0.6) is 11.5 Å². The Morgan fingerprint density at radius 1 is 1.27 bits per heavy atom. The largest absolute Gasteiger partial charge is 0.497 e. The van der Waals surface area contributed by atoms with Crippen molar-refractivity contribution in [2.45, 2.75) is 13.1 Å². The van der Waals surface area contributed by atoms with Gasteiger partial charge in [-0.3, -0.25) is 4.79 Å². The molecule has 1 aromatic heterocycles. The van der Waals surface area contributed by atoms with Crippen LogP contribution in [-0.4, -0.2) is 32.2 Å². The van der Waals surface area contributed by atoms with Crippen LogP contribution in [0.3, 0.4) is 0 Å². The Bertz CT molecular complexity index is 639. The molecule has 7 nitrogen and oxygen atoms in total. The number of carbonyl (C=O) groups excluding carboxylic acids is 1. The lowest BCUT2D eigenvalue weighted by atomic mass is 10.2. The maximum Gasteiger partial charge on any atom is 0.273 e. The van der Waals surface area contributed by atoms with Gasteiger partial charge in [-0.2, -0.15) is 0 Å². The maximum atomic E-state index is 12.0. The Balaban J connectivity index is 2.01. The minimum absolute atomic E-state index is 0.248. The van der Waals surface area contributed by atoms with Crippen molar-refractivity contribution in [2.75, 3.05) is 21.3 Å². The van der Waals surface area contributed by atoms with Crippen molar-refractivity contribution in [3.63, 3.8) is 0 Å². The van der Waals surface area contributed by atoms with Gasteiger partial charge in [-0.1, -0.05) is 0 Å². The molecule has 1 heterocycles. The zero-order valence-electron chi connectivity index (χ0n) is 12.8. The predicted octanol–water partition coefficient (Wildman–Crippen LogP) is 1.34. The fraction of sp³-hybridized carbons (Fsp3) is 0.333. The number of oxazole rings is 1. The second kappa shape index (κ2) is 7.46. The minimum atomic E-state index is -0.302. The molecule has 0 aliphatic carbocycles. The van der Waals surface area contributed by atoms with E-state index in [-0.39, 0.29) is 11.6 Å². The number of aromatic nitrogens is 1. The van der Waals surface area contributed by atoms with Gasteiger partial charge in [0.05, 0.1) is 20.8 Å². The SMILES string of the molecule is CNCc1nc(C(=O)NCc2ccc(OC)cc2OC)co1. The Morgan fingerprint density at radius 3 is 2.77 bits per heavy atom. The highest BCUT2D eigenvalue weighted by molar-refractivity contribution is 5.91. The van der Waals surface area contributed by atoms with Crippen molar-refractivity contribution in [3.05, 3.63) is 41.6 Å². The first-order valence-electron chi connectivity index (χ1n) is 6.76. The number of ether oxygens (including phenoxy) is 2. The highest BCUT2D eigenvalue weighted by atomic mass is 16.5. The number of amides is 1. The third-order valence-electron chi connectivity index (χ3n) is 3.05. The van der Waals surface area contributed by atoms with E-state index in [0.29, 0.717) is 30.5 Å². The zero-order chi connectivity index (χ0) is 15.9. The molecule has 2 rings (SSSR count). The van der Waals surface area contributed by atoms with Crippen LogP contribution in [0.25, 0.3) is 0 Å². The zero-order valence-corrected chi connectivity index (χ0v) is 12.8. The average Bonchev–Trinajstić information content (AvgIpc) is 3.01. The normalized spacial score (nSPS) is 10.3. The fourth-order valence-electron chi connectivity index (χ4n) is 1.91. The van der Waals surface area contributed by atoms with Crippen molar-refractivity contribution in [1.82, 2.24) is 15.6 Å². The molecule has 7 heteroatoms. The van der Waals surface area contributed by atoms with E-state index in [1.165, 1.54) is 6.26 Å². The monoisotopic (exact) mass is 305 g/mol. The summed E-state index contributed by atoms with van der Waals surface area (Å²) in [5.74, 6) is 1.51. The minimum Gasteiger partial charge on any atom is -0.497 e. The Hall–Kier alpha value is -2.54. The summed E-state index contributed by atoms with van der Waals surface area (Å²) in [5.41, 5.74) is 1.09. The molecule has 22 heavy (non-hydrogen) atoms. The van der Waals surface area contributed by atoms with Gasteiger partial charge in [0.25, 0.3) is 5.91 Å². The summed E-state index contributed by atoms with van der Waals surface area (Å²) in [6.07, 6.45) is 1.34. The number of rotatable bonds is 7. The number of methoxy groups -OCH3 is 2. The lowest BCUT2D eigenvalue weighted by Gasteiger charge is -2.10. The quantitative estimate of drug-likeness (QED) is 0.803. The average molecular weight is 305 g/mol. The lowest BCUT2D eigenvalue weighted by Crippen LogP contribution is -2.23. The van der Waals surface area contributed by atoms with Crippen LogP contribution in [0.4, 0.5) is 0 Å². The third-order valence-corrected chi connectivity index (χ3v) is 3.05. The van der Waals surface area contributed by atoms with Crippen LogP contribution >= 0.6 is 0 Å². The fourth-order valence-corrected chi connectivity index (χ4v) is 1.91. The Labute approximate surface area is 128 Å². The highest BCUT2D eigenvalue weighted by Gasteiger charge is 2.13. The van der Waals surface area contributed by atoms with Gasteiger partial charge in [-0.15, -0.1) is 0 Å². The highest BCUT2D eigenvalue weighted by Crippen LogP contribution is 2.24. The molecule has 0 saturated heterocycles. The molecule has 1 aromatic carbocycles. The van der Waals surface area contributed by atoms with Crippen LogP contribution in [0, 0.1) is 0 Å². The number of hydrogen-bond acceptors (Lipinski definition) is 6. The van der Waals surface area contributed by atoms with E-state index >= 15 is 0 Å². The molecule has 0 aliphatic heterocycles. The number of nitrogens with zero attached hydrogens (tertiary/aromatic N) is 1. The Kier molecular flexibility index (Phi) is 5.37. The van der Waals surface area contributed by atoms with Crippen LogP contribution in [0.2, 0.25) is 0 Å². The smallest absolute Gasteiger partial charge is 0.273 e. The molecular formula is C15H19N3O4. The number of benzene rings is 1. The summed E-state index contributed by atoms with van der Waals surface area (Å²) in [7, 11) is 4.94. The van der Waals surface area contributed by atoms with Crippen molar-refractivity contribution in [2.24, 2.45) is 0 Å². The summed E-state index contributed by atoms with van der Waals surface area (Å²) in [4.78, 5) is 16.1. The summed E-state index contributed by atoms with van der Waals surface area (Å²) >= 11 is 0. The van der Waals surface area contributed by atoms with Crippen LogP contribution in [0.1, 0.15) is 21.9 Å². The molecule has 0 aliphatic rings. The second-order valence-corrected chi connectivity index (χ2v) is 4.52. The first-order valence-corrected chi connectivity index (χ1v) is 6.76. The van der Waals surface area contributed by atoms with E-state index < -0.39 is 0 Å². The maximum absolute atomic E-state index is 12.0. The third kappa shape index (κ3) is 3.76. The summed E-state index contributed by atoms with van der Waals surface area (Å²) in [6.45, 7) is 0.791. The van der Waals surface area contributed by atoms with Gasteiger partial charge in [0.1, 0.15) is 17.8 Å². The number of nitrogens with one attached hydrogen (secondary N) is 2. The van der Waals surface area contributed by atoms with Crippen molar-refractivity contribution >= 4 is 5.91 Å². The summed E-state index contributed by atoms with van der Waals surface area (Å²) in [6, 6.07) is 5.42. The second-order valence-electron chi connectivity index (χ2n) is 4.52. The van der Waals surface area contributed by atoms with E-state index in [0.717, 1.165) is 5.56 Å². The van der Waals surface area contributed by atoms with Gasteiger partial charge in [0.15, 0.2) is 5.69 Å². The molecule has 0 saturated carbocycles. The van der Waals surface area contributed by atoms with Crippen LogP contribution < -0.4 is 20.1 Å². The van der Waals surface area contributed by atoms with E-state index in [2.05, 4.69) is 15.6 Å². The van der Waals surface area contributed by atoms with E-state index in [9.17, 15) is 4.79 Å². The molecule has 0 radical (unpaired) electrons. The summed E-state index contributed by atoms with van der Waals surface area (Å²) < 4.78 is 15.6. The molecule has 2 aromatic rings. The van der Waals surface area contributed by atoms with Crippen molar-refractivity contribution in [1.29, 1.82) is 0 Å². The van der Waals surface area contributed by atoms with Crippen molar-refractivity contribution < 1.29 is 18.7 Å². The molecule has 0 unspecified atom stereocenters. The van der Waals surface area contributed by atoms with Gasteiger partial charge >= 0.3 is 0 Å².